The van der Waals surface area contributed by atoms with Crippen LogP contribution in [0.3, 0.4) is 0 Å². The van der Waals surface area contributed by atoms with Crippen LogP contribution in [-0.2, 0) is 0 Å². The Labute approximate surface area is 161 Å². The second kappa shape index (κ2) is 6.78. The van der Waals surface area contributed by atoms with Gasteiger partial charge < -0.3 is 14.8 Å². The molecular weight excluding hydrogens is 368 g/mol. The van der Waals surface area contributed by atoms with Crippen LogP contribution in [0.1, 0.15) is 29.5 Å². The molecule has 2 aliphatic rings. The van der Waals surface area contributed by atoms with E-state index in [-0.39, 0.29) is 29.3 Å². The van der Waals surface area contributed by atoms with Gasteiger partial charge in [0.05, 0.1) is 30.9 Å². The lowest BCUT2D eigenvalue weighted by Crippen LogP contribution is -2.29. The molecule has 1 heterocycles. The number of anilines is 1. The molecule has 0 spiro atoms. The number of methoxy groups -OCH3 is 2. The Morgan fingerprint density at radius 2 is 1.93 bits per heavy atom. The SMILES string of the molecule is COc1ccc([C@@H]2Nc3c(OC)ccc(Cl)c3[C@H]3C=CC[C@H]32)cc1[N+](=O)[O-]. The summed E-state index contributed by atoms with van der Waals surface area (Å²) in [6.45, 7) is 0. The molecule has 1 aliphatic carbocycles. The van der Waals surface area contributed by atoms with E-state index in [1.54, 1.807) is 19.2 Å². The highest BCUT2D eigenvalue weighted by Gasteiger charge is 2.40. The largest absolute Gasteiger partial charge is 0.495 e. The summed E-state index contributed by atoms with van der Waals surface area (Å²) >= 11 is 6.50. The van der Waals surface area contributed by atoms with Gasteiger partial charge in [0.25, 0.3) is 0 Å². The Bertz CT molecular complexity index is 944. The maximum absolute atomic E-state index is 11.4. The molecule has 0 fully saturated rings. The zero-order valence-electron chi connectivity index (χ0n) is 14.9. The first-order valence-electron chi connectivity index (χ1n) is 8.67. The summed E-state index contributed by atoms with van der Waals surface area (Å²) in [6.07, 6.45) is 5.18. The summed E-state index contributed by atoms with van der Waals surface area (Å²) < 4.78 is 10.7. The number of fused-ring (bicyclic) bond motifs is 3. The number of allylic oxidation sites excluding steroid dienone is 2. The molecule has 1 N–H and O–H groups in total. The highest BCUT2D eigenvalue weighted by Crippen LogP contribution is 2.54. The monoisotopic (exact) mass is 386 g/mol. The van der Waals surface area contributed by atoms with Gasteiger partial charge in [0.15, 0.2) is 5.75 Å². The molecule has 0 saturated heterocycles. The third kappa shape index (κ3) is 2.80. The fourth-order valence-electron chi connectivity index (χ4n) is 4.18. The average molecular weight is 387 g/mol. The third-order valence-corrected chi connectivity index (χ3v) is 5.74. The van der Waals surface area contributed by atoms with Gasteiger partial charge in [-0.05, 0) is 36.1 Å². The summed E-state index contributed by atoms with van der Waals surface area (Å²) in [5.74, 6) is 1.31. The van der Waals surface area contributed by atoms with Crippen molar-refractivity contribution in [2.24, 2.45) is 5.92 Å². The van der Waals surface area contributed by atoms with Crippen molar-refractivity contribution in [2.75, 3.05) is 19.5 Å². The normalized spacial score (nSPS) is 22.6. The number of benzene rings is 2. The number of nitrogens with zero attached hydrogens (tertiary/aromatic N) is 1. The molecule has 4 rings (SSSR count). The molecule has 0 unspecified atom stereocenters. The molecule has 7 heteroatoms. The summed E-state index contributed by atoms with van der Waals surface area (Å²) in [5, 5.41) is 15.7. The Kier molecular flexibility index (Phi) is 4.44. The molecule has 2 aromatic rings. The molecule has 3 atom stereocenters. The van der Waals surface area contributed by atoms with Crippen LogP contribution in [-0.4, -0.2) is 19.1 Å². The van der Waals surface area contributed by atoms with Crippen molar-refractivity contribution in [3.05, 3.63) is 68.7 Å². The molecular formula is C20H19ClN2O4. The maximum Gasteiger partial charge on any atom is 0.311 e. The Balaban J connectivity index is 1.83. The zero-order valence-corrected chi connectivity index (χ0v) is 15.7. The maximum atomic E-state index is 11.4. The van der Waals surface area contributed by atoms with Gasteiger partial charge in [0.1, 0.15) is 5.75 Å². The molecule has 27 heavy (non-hydrogen) atoms. The molecule has 6 nitrogen and oxygen atoms in total. The summed E-state index contributed by atoms with van der Waals surface area (Å²) in [7, 11) is 3.05. The van der Waals surface area contributed by atoms with Gasteiger partial charge in [-0.15, -0.1) is 0 Å². The third-order valence-electron chi connectivity index (χ3n) is 5.41. The Hall–Kier alpha value is -2.73. The number of rotatable bonds is 4. The molecule has 0 radical (unpaired) electrons. The number of hydrogen-bond donors (Lipinski definition) is 1. The van der Waals surface area contributed by atoms with Crippen molar-refractivity contribution in [3.8, 4) is 11.5 Å². The summed E-state index contributed by atoms with van der Waals surface area (Å²) in [6, 6.07) is 8.70. The van der Waals surface area contributed by atoms with Crippen LogP contribution >= 0.6 is 11.6 Å². The second-order valence-electron chi connectivity index (χ2n) is 6.70. The first-order chi connectivity index (χ1) is 13.0. The zero-order chi connectivity index (χ0) is 19.1. The molecule has 1 aliphatic heterocycles. The molecule has 0 bridgehead atoms. The van der Waals surface area contributed by atoms with Gasteiger partial charge in [-0.25, -0.2) is 0 Å². The summed E-state index contributed by atoms with van der Waals surface area (Å²) in [4.78, 5) is 11.0. The van der Waals surface area contributed by atoms with E-state index in [4.69, 9.17) is 21.1 Å². The topological polar surface area (TPSA) is 73.6 Å². The van der Waals surface area contributed by atoms with Crippen molar-refractivity contribution in [2.45, 2.75) is 18.4 Å². The van der Waals surface area contributed by atoms with Crippen molar-refractivity contribution in [3.63, 3.8) is 0 Å². The van der Waals surface area contributed by atoms with Crippen LogP contribution in [0.2, 0.25) is 5.02 Å². The minimum absolute atomic E-state index is 0.0387. The number of ether oxygens (including phenoxy) is 2. The molecule has 0 aromatic heterocycles. The number of hydrogen-bond acceptors (Lipinski definition) is 5. The van der Waals surface area contributed by atoms with E-state index in [1.165, 1.54) is 7.11 Å². The van der Waals surface area contributed by atoms with Crippen LogP contribution < -0.4 is 14.8 Å². The van der Waals surface area contributed by atoms with E-state index in [0.29, 0.717) is 10.8 Å². The van der Waals surface area contributed by atoms with Gasteiger partial charge in [0.2, 0.25) is 0 Å². The first kappa shape index (κ1) is 17.7. The predicted molar refractivity (Wildman–Crippen MR) is 104 cm³/mol. The highest BCUT2D eigenvalue weighted by atomic mass is 35.5. The molecule has 0 amide bonds. The lowest BCUT2D eigenvalue weighted by atomic mass is 9.76. The van der Waals surface area contributed by atoms with Crippen molar-refractivity contribution in [1.29, 1.82) is 0 Å². The Morgan fingerprint density at radius 1 is 1.19 bits per heavy atom. The van der Waals surface area contributed by atoms with Gasteiger partial charge in [-0.3, -0.25) is 10.1 Å². The fraction of sp³-hybridized carbons (Fsp3) is 0.300. The van der Waals surface area contributed by atoms with Crippen LogP contribution in [0.4, 0.5) is 11.4 Å². The number of nitro groups is 1. The van der Waals surface area contributed by atoms with E-state index >= 15 is 0 Å². The molecule has 140 valence electrons. The van der Waals surface area contributed by atoms with E-state index in [9.17, 15) is 10.1 Å². The van der Waals surface area contributed by atoms with Crippen LogP contribution in [0.5, 0.6) is 11.5 Å². The van der Waals surface area contributed by atoms with Crippen LogP contribution in [0, 0.1) is 16.0 Å². The van der Waals surface area contributed by atoms with E-state index in [0.717, 1.165) is 23.2 Å². The van der Waals surface area contributed by atoms with Gasteiger partial charge in [-0.1, -0.05) is 29.8 Å². The average Bonchev–Trinajstić information content (AvgIpc) is 3.16. The molecule has 2 aromatic carbocycles. The quantitative estimate of drug-likeness (QED) is 0.450. The highest BCUT2D eigenvalue weighted by molar-refractivity contribution is 6.32. The minimum atomic E-state index is -0.416. The number of halogens is 1. The van der Waals surface area contributed by atoms with Crippen molar-refractivity contribution in [1.82, 2.24) is 0 Å². The lowest BCUT2D eigenvalue weighted by molar-refractivity contribution is -0.385. The smallest absolute Gasteiger partial charge is 0.311 e. The number of nitrogens with one attached hydrogen (secondary N) is 1. The minimum Gasteiger partial charge on any atom is -0.495 e. The molecule has 0 saturated carbocycles. The first-order valence-corrected chi connectivity index (χ1v) is 9.05. The van der Waals surface area contributed by atoms with Gasteiger partial charge >= 0.3 is 5.69 Å². The van der Waals surface area contributed by atoms with Gasteiger partial charge in [0, 0.05) is 22.6 Å². The van der Waals surface area contributed by atoms with Crippen LogP contribution in [0.25, 0.3) is 0 Å². The van der Waals surface area contributed by atoms with Crippen molar-refractivity contribution < 1.29 is 14.4 Å². The van der Waals surface area contributed by atoms with Crippen molar-refractivity contribution >= 4 is 23.0 Å². The van der Waals surface area contributed by atoms with E-state index in [2.05, 4.69) is 17.5 Å². The lowest BCUT2D eigenvalue weighted by Gasteiger charge is -2.38. The number of nitro benzene ring substituents is 1. The predicted octanol–water partition coefficient (Wildman–Crippen LogP) is 5.09. The fourth-order valence-corrected chi connectivity index (χ4v) is 4.46. The van der Waals surface area contributed by atoms with E-state index < -0.39 is 4.92 Å². The summed E-state index contributed by atoms with van der Waals surface area (Å²) in [5.41, 5.74) is 2.67. The standard InChI is InChI=1S/C20H19ClN2O4/c1-26-16-8-6-11(10-15(16)23(24)25)19-13-5-3-4-12(13)18-14(21)7-9-17(27-2)20(18)22-19/h3-4,6-10,12-13,19,22H,5H2,1-2H3/t12-,13+,19-/m0/s1. The van der Waals surface area contributed by atoms with Gasteiger partial charge in [-0.2, -0.15) is 0 Å². The van der Waals surface area contributed by atoms with Crippen LogP contribution in [0.15, 0.2) is 42.5 Å². The Morgan fingerprint density at radius 3 is 2.63 bits per heavy atom. The second-order valence-corrected chi connectivity index (χ2v) is 7.11. The van der Waals surface area contributed by atoms with E-state index in [1.807, 2.05) is 18.2 Å².